The summed E-state index contributed by atoms with van der Waals surface area (Å²) in [6, 6.07) is 0. The van der Waals surface area contributed by atoms with Crippen molar-refractivity contribution < 1.29 is 24.5 Å². The molecule has 2 N–H and O–H groups in total. The molecule has 0 spiro atoms. The van der Waals surface area contributed by atoms with E-state index in [1.165, 1.54) is 7.11 Å². The number of aliphatic hydroxyl groups is 2. The average molecular weight is 279 g/mol. The molecule has 0 aromatic heterocycles. The van der Waals surface area contributed by atoms with Gasteiger partial charge in [0.25, 0.3) is 0 Å². The topological polar surface area (TPSA) is 79.2 Å². The largest absolute Gasteiger partial charge is 0.444 e. The first-order valence-electron chi connectivity index (χ1n) is 6.25. The lowest BCUT2D eigenvalue weighted by Crippen LogP contribution is -2.44. The van der Waals surface area contributed by atoms with E-state index in [2.05, 4.69) is 4.74 Å². The predicted octanol–water partition coefficient (Wildman–Crippen LogP) is 1.60. The fraction of sp³-hybridized carbons (Fsp3) is 0.923. The maximum Gasteiger partial charge on any atom is 0.410 e. The van der Waals surface area contributed by atoms with Gasteiger partial charge in [-0.15, -0.1) is 0 Å². The van der Waals surface area contributed by atoms with E-state index in [-0.39, 0.29) is 11.7 Å². The molecule has 0 saturated carbocycles. The van der Waals surface area contributed by atoms with Gasteiger partial charge in [-0.25, -0.2) is 4.79 Å². The molecular weight excluding hydrogens is 250 g/mol. The molecule has 1 heterocycles. The Labute approximate surface area is 116 Å². The smallest absolute Gasteiger partial charge is 0.410 e. The molecule has 0 aliphatic carbocycles. The van der Waals surface area contributed by atoms with Crippen molar-refractivity contribution in [1.29, 1.82) is 0 Å². The molecule has 0 atom stereocenters. The Morgan fingerprint density at radius 1 is 1.11 bits per heavy atom. The van der Waals surface area contributed by atoms with E-state index >= 15 is 0 Å². The molecule has 19 heavy (non-hydrogen) atoms. The van der Waals surface area contributed by atoms with Crippen molar-refractivity contribution in [3.05, 3.63) is 0 Å². The summed E-state index contributed by atoms with van der Waals surface area (Å²) in [6.07, 6.45) is 0.933. The Morgan fingerprint density at radius 2 is 1.47 bits per heavy atom. The van der Waals surface area contributed by atoms with Crippen molar-refractivity contribution in [2.75, 3.05) is 27.3 Å². The van der Waals surface area contributed by atoms with Crippen molar-refractivity contribution in [3.8, 4) is 0 Å². The lowest BCUT2D eigenvalue weighted by atomic mass is 10.2. The summed E-state index contributed by atoms with van der Waals surface area (Å²) in [5.41, 5.74) is -0.354. The van der Waals surface area contributed by atoms with Crippen LogP contribution in [-0.4, -0.2) is 59.9 Å². The molecule has 0 aromatic carbocycles. The quantitative estimate of drug-likeness (QED) is 0.713. The first-order chi connectivity index (χ1) is 8.55. The highest BCUT2D eigenvalue weighted by Gasteiger charge is 2.25. The Hall–Kier alpha value is -0.850. The first-order valence-corrected chi connectivity index (χ1v) is 6.25. The van der Waals surface area contributed by atoms with Gasteiger partial charge in [0.1, 0.15) is 5.60 Å². The van der Waals surface area contributed by atoms with Crippen LogP contribution in [0, 0.1) is 0 Å². The number of methoxy groups -OCH3 is 1. The van der Waals surface area contributed by atoms with Gasteiger partial charge in [-0.1, -0.05) is 0 Å². The zero-order valence-corrected chi connectivity index (χ0v) is 13.2. The number of carbonyl (C=O) groups excluding carboxylic acids is 1. The number of amides is 1. The van der Waals surface area contributed by atoms with Crippen molar-refractivity contribution in [1.82, 2.24) is 4.90 Å². The summed E-state index contributed by atoms with van der Waals surface area (Å²) in [7, 11) is 2.46. The van der Waals surface area contributed by atoms with E-state index in [1.54, 1.807) is 18.7 Å². The molecule has 1 saturated heterocycles. The molecule has 0 aromatic rings. The van der Waals surface area contributed by atoms with Gasteiger partial charge in [-0.3, -0.25) is 0 Å². The van der Waals surface area contributed by atoms with Gasteiger partial charge in [0.05, 0.1) is 0 Å². The van der Waals surface area contributed by atoms with Crippen LogP contribution < -0.4 is 0 Å². The van der Waals surface area contributed by atoms with Crippen LogP contribution in [-0.2, 0) is 9.47 Å². The van der Waals surface area contributed by atoms with E-state index in [4.69, 9.17) is 14.9 Å². The Kier molecular flexibility index (Phi) is 9.82. The highest BCUT2D eigenvalue weighted by molar-refractivity contribution is 5.68. The number of hydrogen-bond acceptors (Lipinski definition) is 5. The van der Waals surface area contributed by atoms with Crippen LogP contribution in [0.3, 0.4) is 0 Å². The van der Waals surface area contributed by atoms with Crippen LogP contribution in [0.1, 0.15) is 41.0 Å². The number of aliphatic hydroxyl groups excluding tert-OH is 1. The summed E-state index contributed by atoms with van der Waals surface area (Å²) in [5, 5.41) is 15.6. The molecular formula is C13H29NO5. The maximum atomic E-state index is 11.1. The number of hydrogen-bond donors (Lipinski definition) is 2. The lowest BCUT2D eigenvalue weighted by Gasteiger charge is -2.32. The van der Waals surface area contributed by atoms with Crippen molar-refractivity contribution >= 4 is 6.09 Å². The van der Waals surface area contributed by atoms with Crippen molar-refractivity contribution in [2.45, 2.75) is 52.4 Å². The van der Waals surface area contributed by atoms with Crippen molar-refractivity contribution in [3.63, 3.8) is 0 Å². The van der Waals surface area contributed by atoms with Gasteiger partial charge in [-0.05, 0) is 41.0 Å². The van der Waals surface area contributed by atoms with Gasteiger partial charge in [0.15, 0.2) is 5.79 Å². The summed E-state index contributed by atoms with van der Waals surface area (Å²) >= 11 is 0. The zero-order valence-electron chi connectivity index (χ0n) is 13.2. The van der Waals surface area contributed by atoms with Gasteiger partial charge in [-0.2, -0.15) is 0 Å². The normalized spacial score (nSPS) is 14.3. The van der Waals surface area contributed by atoms with Gasteiger partial charge in [0.2, 0.25) is 0 Å². The summed E-state index contributed by atoms with van der Waals surface area (Å²) < 4.78 is 9.62. The average Bonchev–Trinajstić information content (AvgIpc) is 2.15. The van der Waals surface area contributed by atoms with Crippen LogP contribution in [0.15, 0.2) is 0 Å². The summed E-state index contributed by atoms with van der Waals surface area (Å²) in [5.74, 6) is -0.958. The Bertz CT molecular complexity index is 238. The van der Waals surface area contributed by atoms with E-state index in [9.17, 15) is 4.79 Å². The maximum absolute atomic E-state index is 11.1. The number of ether oxygens (including phenoxy) is 2. The molecule has 1 aliphatic heterocycles. The van der Waals surface area contributed by atoms with E-state index < -0.39 is 5.79 Å². The molecule has 0 bridgehead atoms. The van der Waals surface area contributed by atoms with E-state index in [0.717, 1.165) is 26.6 Å². The Balaban J connectivity index is 0. The molecule has 6 heteroatoms. The zero-order chi connectivity index (χ0) is 15.7. The van der Waals surface area contributed by atoms with Gasteiger partial charge in [0, 0.05) is 27.3 Å². The third-order valence-corrected chi connectivity index (χ3v) is 2.01. The van der Waals surface area contributed by atoms with Crippen LogP contribution in [0.4, 0.5) is 4.79 Å². The summed E-state index contributed by atoms with van der Waals surface area (Å²) in [4.78, 5) is 12.9. The minimum Gasteiger partial charge on any atom is -0.444 e. The minimum absolute atomic E-state index is 0.177. The predicted molar refractivity (Wildman–Crippen MR) is 73.9 cm³/mol. The van der Waals surface area contributed by atoms with Crippen LogP contribution >= 0.6 is 0 Å². The van der Waals surface area contributed by atoms with Gasteiger partial charge < -0.3 is 24.6 Å². The molecule has 116 valence electrons. The highest BCUT2D eigenvalue weighted by atomic mass is 16.6. The fourth-order valence-electron chi connectivity index (χ4n) is 0.825. The second kappa shape index (κ2) is 9.12. The lowest BCUT2D eigenvalue weighted by molar-refractivity contribution is -0.155. The Morgan fingerprint density at radius 3 is 1.63 bits per heavy atom. The molecule has 1 amide bonds. The molecule has 1 rings (SSSR count). The second-order valence-corrected chi connectivity index (χ2v) is 5.47. The third kappa shape index (κ3) is 13.4. The monoisotopic (exact) mass is 279 g/mol. The molecule has 0 unspecified atom stereocenters. The number of rotatable bonds is 1. The van der Waals surface area contributed by atoms with Crippen molar-refractivity contribution in [2.24, 2.45) is 0 Å². The van der Waals surface area contributed by atoms with Crippen LogP contribution in [0.5, 0.6) is 0 Å². The summed E-state index contributed by atoms with van der Waals surface area (Å²) in [6.45, 7) is 10.5. The molecule has 1 aliphatic rings. The molecule has 1 fully saturated rings. The minimum atomic E-state index is -0.958. The van der Waals surface area contributed by atoms with E-state index in [0.29, 0.717) is 0 Å². The second-order valence-electron chi connectivity index (χ2n) is 5.47. The van der Waals surface area contributed by atoms with Gasteiger partial charge >= 0.3 is 6.09 Å². The molecule has 0 radical (unpaired) electrons. The fourth-order valence-corrected chi connectivity index (χ4v) is 0.825. The van der Waals surface area contributed by atoms with Crippen LogP contribution in [0.2, 0.25) is 0 Å². The highest BCUT2D eigenvalue weighted by Crippen LogP contribution is 2.13. The SMILES string of the molecule is CC(C)(C)OC(=O)N1CCC1.CO.COC(C)(C)O. The first kappa shape index (κ1) is 20.5. The number of nitrogens with zero attached hydrogens (tertiary/aromatic N) is 1. The van der Waals surface area contributed by atoms with Crippen LogP contribution in [0.25, 0.3) is 0 Å². The van der Waals surface area contributed by atoms with E-state index in [1.807, 2.05) is 20.8 Å². The third-order valence-electron chi connectivity index (χ3n) is 2.01. The number of likely N-dealkylation sites (tertiary alicyclic amines) is 1. The number of carbonyl (C=O) groups is 1. The standard InChI is InChI=1S/C8H15NO2.C4H10O2.CH4O/c1-8(2,3)11-7(10)9-5-4-6-9;1-4(2,5)6-3;1-2/h4-6H2,1-3H3;5H,1-3H3;2H,1H3. The molecule has 6 nitrogen and oxygen atoms in total.